The maximum absolute atomic E-state index is 4.97. The fraction of sp³-hybridized carbons (Fsp3) is 0.600. The van der Waals surface area contributed by atoms with Gasteiger partial charge in [-0.25, -0.2) is 19.6 Å². The molecule has 7 heteroatoms. The van der Waals surface area contributed by atoms with Gasteiger partial charge < -0.3 is 50.5 Å². The molecule has 2 aliphatic heterocycles. The number of rotatable bonds is 0. The number of hydrogen-bond acceptors (Lipinski definition) is 6. The summed E-state index contributed by atoms with van der Waals surface area (Å²) in [4.78, 5) is 4.02. The van der Waals surface area contributed by atoms with Crippen molar-refractivity contribution in [3.63, 3.8) is 0 Å². The summed E-state index contributed by atoms with van der Waals surface area (Å²) in [6, 6.07) is 0. The maximum Gasteiger partial charge on any atom is 0 e. The molecule has 102 valence electrons. The Morgan fingerprint density at radius 2 is 1.00 bits per heavy atom. The average Bonchev–Trinajstić information content (AvgIpc) is 2.28. The van der Waals surface area contributed by atoms with Crippen LogP contribution in [0.4, 0.5) is 0 Å². The van der Waals surface area contributed by atoms with E-state index >= 15 is 0 Å². The summed E-state index contributed by atoms with van der Waals surface area (Å²) in [7, 11) is 0. The Morgan fingerprint density at radius 1 is 0.647 bits per heavy atom. The number of allylic oxidation sites excluding steroid dienone is 2. The van der Waals surface area contributed by atoms with Crippen molar-refractivity contribution in [1.82, 2.24) is 0 Å². The minimum absolute atomic E-state index is 0. The molecule has 2 rings (SSSR count). The van der Waals surface area contributed by atoms with E-state index in [1.165, 1.54) is 11.5 Å². The molecule has 0 nitrogen and oxygen atoms in total. The van der Waals surface area contributed by atoms with Crippen molar-refractivity contribution in [2.24, 2.45) is 0 Å². The van der Waals surface area contributed by atoms with Crippen molar-refractivity contribution in [3.05, 3.63) is 19.6 Å². The monoisotopic (exact) mass is 382 g/mol. The zero-order chi connectivity index (χ0) is 12.0. The van der Waals surface area contributed by atoms with Crippen LogP contribution in [0.5, 0.6) is 0 Å². The van der Waals surface area contributed by atoms with E-state index in [2.05, 4.69) is 0 Å². The molecule has 0 N–H and O–H groups in total. The van der Waals surface area contributed by atoms with Gasteiger partial charge in [-0.3, -0.25) is 0 Å². The molecule has 0 spiro atoms. The minimum Gasteiger partial charge on any atom is -0.785 e. The standard InChI is InChI=1S/2C5H8S3.Ni/c2*6-4-1-2-8-3-5(4)7;/h2*6-7H,1-3H2;/p-4. The summed E-state index contributed by atoms with van der Waals surface area (Å²) in [6.45, 7) is 0. The molecule has 2 aliphatic rings. The van der Waals surface area contributed by atoms with Crippen LogP contribution in [0.1, 0.15) is 12.8 Å². The molecule has 0 aromatic rings. The Bertz CT molecular complexity index is 241. The first kappa shape index (κ1) is 18.6. The molecule has 0 aromatic heterocycles. The van der Waals surface area contributed by atoms with Gasteiger partial charge in [0.25, 0.3) is 0 Å². The van der Waals surface area contributed by atoms with E-state index in [9.17, 15) is 0 Å². The van der Waals surface area contributed by atoms with E-state index in [-0.39, 0.29) is 16.5 Å². The first-order chi connectivity index (χ1) is 7.61. The molecule has 0 atom stereocenters. The van der Waals surface area contributed by atoms with Gasteiger partial charge in [0.15, 0.2) is 0 Å². The predicted molar refractivity (Wildman–Crippen MR) is 87.4 cm³/mol. The molecular formula is C10H12NiS6-4. The van der Waals surface area contributed by atoms with E-state index in [1.54, 1.807) is 0 Å². The molecule has 0 bridgehead atoms. The Hall–Kier alpha value is 1.55. The van der Waals surface area contributed by atoms with Crippen LogP contribution in [0.25, 0.3) is 0 Å². The molecule has 2 heterocycles. The normalized spacial score (nSPS) is 20.2. The van der Waals surface area contributed by atoms with Crippen molar-refractivity contribution in [1.29, 1.82) is 0 Å². The average molecular weight is 383 g/mol. The summed E-state index contributed by atoms with van der Waals surface area (Å²) in [5.41, 5.74) is 0. The van der Waals surface area contributed by atoms with Gasteiger partial charge in [-0.1, -0.05) is 0 Å². The quantitative estimate of drug-likeness (QED) is 0.463. The van der Waals surface area contributed by atoms with Gasteiger partial charge in [0, 0.05) is 16.5 Å². The van der Waals surface area contributed by atoms with Crippen LogP contribution in [-0.2, 0) is 67.0 Å². The summed E-state index contributed by atoms with van der Waals surface area (Å²) in [5.74, 6) is 4.29. The van der Waals surface area contributed by atoms with E-state index < -0.39 is 0 Å². The third-order valence-corrected chi connectivity index (χ3v) is 6.31. The van der Waals surface area contributed by atoms with Crippen LogP contribution in [0.3, 0.4) is 0 Å². The van der Waals surface area contributed by atoms with Crippen LogP contribution in [-0.4, -0.2) is 23.0 Å². The van der Waals surface area contributed by atoms with Gasteiger partial charge in [0.1, 0.15) is 0 Å². The van der Waals surface area contributed by atoms with E-state index in [0.717, 1.165) is 44.0 Å². The second-order valence-corrected chi connectivity index (χ2v) is 7.48. The second kappa shape index (κ2) is 10.4. The third kappa shape index (κ3) is 7.65. The molecule has 0 aliphatic carbocycles. The molecule has 0 unspecified atom stereocenters. The molecule has 17 heavy (non-hydrogen) atoms. The van der Waals surface area contributed by atoms with E-state index in [1.807, 2.05) is 23.5 Å². The van der Waals surface area contributed by atoms with Crippen molar-refractivity contribution in [2.45, 2.75) is 12.8 Å². The van der Waals surface area contributed by atoms with Crippen molar-refractivity contribution in [3.8, 4) is 0 Å². The summed E-state index contributed by atoms with van der Waals surface area (Å²) < 4.78 is 0. The van der Waals surface area contributed by atoms with Gasteiger partial charge in [-0.2, -0.15) is 23.5 Å². The molecular weight excluding hydrogens is 371 g/mol. The smallest absolute Gasteiger partial charge is 0 e. The summed E-state index contributed by atoms with van der Waals surface area (Å²) in [6.07, 6.45) is 2.05. The summed E-state index contributed by atoms with van der Waals surface area (Å²) >= 11 is 23.6. The molecule has 0 saturated carbocycles. The van der Waals surface area contributed by atoms with Crippen LogP contribution < -0.4 is 0 Å². The van der Waals surface area contributed by atoms with Crippen molar-refractivity contribution >= 4 is 74.0 Å². The van der Waals surface area contributed by atoms with Gasteiger partial charge in [-0.05, 0) is 35.9 Å². The Labute approximate surface area is 145 Å². The Kier molecular flexibility index (Phi) is 11.3. The largest absolute Gasteiger partial charge is 0.785 e. The third-order valence-electron chi connectivity index (χ3n) is 2.04. The first-order valence-corrected chi connectivity index (χ1v) is 8.83. The molecule has 0 saturated heterocycles. The van der Waals surface area contributed by atoms with Crippen molar-refractivity contribution in [2.75, 3.05) is 23.0 Å². The van der Waals surface area contributed by atoms with Crippen LogP contribution in [0.2, 0.25) is 0 Å². The van der Waals surface area contributed by atoms with Crippen molar-refractivity contribution < 1.29 is 16.5 Å². The van der Waals surface area contributed by atoms with Gasteiger partial charge in [-0.15, -0.1) is 0 Å². The zero-order valence-corrected chi connectivity index (χ0v) is 14.9. The Morgan fingerprint density at radius 3 is 1.18 bits per heavy atom. The fourth-order valence-corrected chi connectivity index (χ4v) is 4.30. The molecule has 0 fully saturated rings. The predicted octanol–water partition coefficient (Wildman–Crippen LogP) is 2.85. The maximum atomic E-state index is 4.97. The Balaban J connectivity index is 0.000000284. The molecule has 0 aromatic carbocycles. The molecule has 0 amide bonds. The second-order valence-electron chi connectivity index (χ2n) is 3.30. The van der Waals surface area contributed by atoms with Gasteiger partial charge in [0.05, 0.1) is 0 Å². The van der Waals surface area contributed by atoms with Gasteiger partial charge in [0.2, 0.25) is 0 Å². The topological polar surface area (TPSA) is 0 Å². The number of thioether (sulfide) groups is 2. The first-order valence-electron chi connectivity index (χ1n) is 4.89. The minimum atomic E-state index is 0. The van der Waals surface area contributed by atoms with Gasteiger partial charge >= 0.3 is 0 Å². The fourth-order valence-electron chi connectivity index (χ4n) is 1.10. The zero-order valence-electron chi connectivity index (χ0n) is 9.01. The van der Waals surface area contributed by atoms with Crippen LogP contribution >= 0.6 is 23.5 Å². The molecule has 0 radical (unpaired) electrons. The number of hydrogen-bond donors (Lipinski definition) is 0. The summed E-state index contributed by atoms with van der Waals surface area (Å²) in [5, 5.41) is 0. The van der Waals surface area contributed by atoms with Crippen LogP contribution in [0.15, 0.2) is 19.6 Å². The SMILES string of the molecule is [Ni].[S-]C1=C([S-])CSCC1.[S-]C1=C([S-])CSCC1. The van der Waals surface area contributed by atoms with E-state index in [0.29, 0.717) is 0 Å². The van der Waals surface area contributed by atoms with Crippen LogP contribution in [0, 0.1) is 0 Å². The van der Waals surface area contributed by atoms with E-state index in [4.69, 9.17) is 50.5 Å².